The van der Waals surface area contributed by atoms with Gasteiger partial charge in [-0.25, -0.2) is 4.98 Å². The van der Waals surface area contributed by atoms with Crippen LogP contribution in [0.25, 0.3) is 0 Å². The Balaban J connectivity index is 1.96. The lowest BCUT2D eigenvalue weighted by Gasteiger charge is -2.19. The summed E-state index contributed by atoms with van der Waals surface area (Å²) in [5.41, 5.74) is 0.280. The normalized spacial score (nSPS) is 18.0. The largest absolute Gasteiger partial charge is 0.348 e. The monoisotopic (exact) mass is 253 g/mol. The lowest BCUT2D eigenvalue weighted by atomic mass is 10.00. The van der Waals surface area contributed by atoms with Crippen LogP contribution in [0.3, 0.4) is 0 Å². The van der Waals surface area contributed by atoms with E-state index in [0.717, 1.165) is 0 Å². The lowest BCUT2D eigenvalue weighted by Crippen LogP contribution is -2.37. The highest BCUT2D eigenvalue weighted by molar-refractivity contribution is 6.29. The van der Waals surface area contributed by atoms with Gasteiger partial charge in [0.1, 0.15) is 10.8 Å². The van der Waals surface area contributed by atoms with Crippen LogP contribution in [0.1, 0.15) is 43.1 Å². The topological polar surface area (TPSA) is 54.9 Å². The van der Waals surface area contributed by atoms with Crippen LogP contribution in [0.2, 0.25) is 5.15 Å². The van der Waals surface area contributed by atoms with Crippen LogP contribution in [-0.4, -0.2) is 21.9 Å². The zero-order valence-electron chi connectivity index (χ0n) is 9.82. The minimum Gasteiger partial charge on any atom is -0.348 e. The molecule has 1 N–H and O–H groups in total. The smallest absolute Gasteiger partial charge is 0.271 e. The van der Waals surface area contributed by atoms with E-state index in [1.54, 1.807) is 0 Å². The Morgan fingerprint density at radius 1 is 1.47 bits per heavy atom. The number of carbonyl (C=O) groups is 1. The van der Waals surface area contributed by atoms with Gasteiger partial charge in [-0.1, -0.05) is 24.4 Å². The number of hydrogen-bond acceptors (Lipinski definition) is 3. The quantitative estimate of drug-likeness (QED) is 0.900. The fourth-order valence-corrected chi connectivity index (χ4v) is 2.45. The molecular weight excluding hydrogens is 238 g/mol. The van der Waals surface area contributed by atoms with E-state index in [1.807, 2.05) is 6.92 Å². The molecule has 0 aliphatic heterocycles. The summed E-state index contributed by atoms with van der Waals surface area (Å²) in [6.45, 7) is 2.05. The first-order chi connectivity index (χ1) is 8.16. The van der Waals surface area contributed by atoms with Gasteiger partial charge in [-0.05, 0) is 25.7 Å². The molecule has 1 amide bonds. The molecular formula is C12H16ClN3O. The second-order valence-electron chi connectivity index (χ2n) is 4.53. The molecule has 1 aliphatic carbocycles. The van der Waals surface area contributed by atoms with Gasteiger partial charge in [-0.3, -0.25) is 9.78 Å². The molecule has 1 unspecified atom stereocenters. The summed E-state index contributed by atoms with van der Waals surface area (Å²) in [5.74, 6) is 0.394. The van der Waals surface area contributed by atoms with E-state index in [-0.39, 0.29) is 22.8 Å². The summed E-state index contributed by atoms with van der Waals surface area (Å²) in [5, 5.41) is 3.21. The number of amides is 1. The number of halogens is 1. The number of carbonyl (C=O) groups excluding carboxylic acids is 1. The number of rotatable bonds is 3. The Morgan fingerprint density at radius 3 is 2.82 bits per heavy atom. The Hall–Kier alpha value is -1.16. The highest BCUT2D eigenvalue weighted by atomic mass is 35.5. The Bertz CT molecular complexity index is 404. The van der Waals surface area contributed by atoms with Gasteiger partial charge in [-0.15, -0.1) is 0 Å². The zero-order chi connectivity index (χ0) is 12.3. The average molecular weight is 254 g/mol. The van der Waals surface area contributed by atoms with Crippen molar-refractivity contribution in [2.24, 2.45) is 5.92 Å². The molecule has 1 aromatic rings. The van der Waals surface area contributed by atoms with E-state index in [9.17, 15) is 4.79 Å². The predicted octanol–water partition coefficient (Wildman–Crippen LogP) is 2.44. The molecule has 1 atom stereocenters. The second kappa shape index (κ2) is 5.45. The third-order valence-electron chi connectivity index (χ3n) is 3.30. The van der Waals surface area contributed by atoms with Crippen molar-refractivity contribution in [1.82, 2.24) is 15.3 Å². The van der Waals surface area contributed by atoms with Crippen LogP contribution in [0.4, 0.5) is 0 Å². The molecule has 1 saturated carbocycles. The van der Waals surface area contributed by atoms with Crippen LogP contribution in [-0.2, 0) is 0 Å². The molecule has 1 aromatic heterocycles. The van der Waals surface area contributed by atoms with Gasteiger partial charge < -0.3 is 5.32 Å². The van der Waals surface area contributed by atoms with Crippen LogP contribution >= 0.6 is 11.6 Å². The molecule has 0 saturated heterocycles. The zero-order valence-corrected chi connectivity index (χ0v) is 10.6. The first kappa shape index (κ1) is 12.3. The molecule has 0 spiro atoms. The fourth-order valence-electron chi connectivity index (χ4n) is 2.31. The summed E-state index contributed by atoms with van der Waals surface area (Å²) in [6.07, 6.45) is 7.77. The maximum Gasteiger partial charge on any atom is 0.271 e. The Kier molecular flexibility index (Phi) is 3.94. The molecule has 5 heteroatoms. The second-order valence-corrected chi connectivity index (χ2v) is 4.92. The van der Waals surface area contributed by atoms with Crippen molar-refractivity contribution in [2.75, 3.05) is 0 Å². The van der Waals surface area contributed by atoms with Crippen molar-refractivity contribution in [2.45, 2.75) is 38.6 Å². The Morgan fingerprint density at radius 2 is 2.18 bits per heavy atom. The summed E-state index contributed by atoms with van der Waals surface area (Å²) in [4.78, 5) is 19.7. The van der Waals surface area contributed by atoms with E-state index in [2.05, 4.69) is 15.3 Å². The summed E-state index contributed by atoms with van der Waals surface area (Å²) < 4.78 is 0. The van der Waals surface area contributed by atoms with Gasteiger partial charge in [0.15, 0.2) is 0 Å². The minimum absolute atomic E-state index is 0.186. The van der Waals surface area contributed by atoms with E-state index < -0.39 is 0 Å². The van der Waals surface area contributed by atoms with Crippen molar-refractivity contribution >= 4 is 17.5 Å². The lowest BCUT2D eigenvalue weighted by molar-refractivity contribution is 0.0921. The van der Waals surface area contributed by atoms with Gasteiger partial charge in [-0.2, -0.15) is 0 Å². The molecule has 1 fully saturated rings. The fraction of sp³-hybridized carbons (Fsp3) is 0.583. The van der Waals surface area contributed by atoms with Crippen molar-refractivity contribution < 1.29 is 4.79 Å². The van der Waals surface area contributed by atoms with E-state index in [4.69, 9.17) is 11.6 Å². The molecule has 17 heavy (non-hydrogen) atoms. The van der Waals surface area contributed by atoms with Crippen LogP contribution in [0.15, 0.2) is 12.4 Å². The average Bonchev–Trinajstić information content (AvgIpc) is 2.82. The number of nitrogens with zero attached hydrogens (tertiary/aromatic N) is 2. The molecule has 0 radical (unpaired) electrons. The maximum absolute atomic E-state index is 11.9. The SMILES string of the molecule is CC(NC(=O)c1cncc(Cl)n1)C1CCCC1. The van der Waals surface area contributed by atoms with Crippen molar-refractivity contribution in [3.63, 3.8) is 0 Å². The molecule has 4 nitrogen and oxygen atoms in total. The van der Waals surface area contributed by atoms with Crippen molar-refractivity contribution in [3.8, 4) is 0 Å². The van der Waals surface area contributed by atoms with Crippen molar-refractivity contribution in [1.29, 1.82) is 0 Å². The molecule has 1 aliphatic rings. The summed E-state index contributed by atoms with van der Waals surface area (Å²) in [6, 6.07) is 0.186. The Labute approximate surface area is 106 Å². The summed E-state index contributed by atoms with van der Waals surface area (Å²) in [7, 11) is 0. The standard InChI is InChI=1S/C12H16ClN3O/c1-8(9-4-2-3-5-9)15-12(17)10-6-14-7-11(13)16-10/h6-9H,2-5H2,1H3,(H,15,17). The third-order valence-corrected chi connectivity index (χ3v) is 3.49. The number of aromatic nitrogens is 2. The maximum atomic E-state index is 11.9. The first-order valence-corrected chi connectivity index (χ1v) is 6.33. The van der Waals surface area contributed by atoms with Gasteiger partial charge in [0.25, 0.3) is 5.91 Å². The first-order valence-electron chi connectivity index (χ1n) is 5.95. The molecule has 92 valence electrons. The highest BCUT2D eigenvalue weighted by Gasteiger charge is 2.23. The molecule has 0 aromatic carbocycles. The van der Waals surface area contributed by atoms with Gasteiger partial charge in [0.05, 0.1) is 12.4 Å². The van der Waals surface area contributed by atoms with Gasteiger partial charge in [0, 0.05) is 6.04 Å². The summed E-state index contributed by atoms with van der Waals surface area (Å²) >= 11 is 5.70. The van der Waals surface area contributed by atoms with Crippen molar-refractivity contribution in [3.05, 3.63) is 23.2 Å². The third kappa shape index (κ3) is 3.16. The molecule has 1 heterocycles. The predicted molar refractivity (Wildman–Crippen MR) is 65.9 cm³/mol. The van der Waals surface area contributed by atoms with Crippen LogP contribution in [0.5, 0.6) is 0 Å². The van der Waals surface area contributed by atoms with Crippen LogP contribution < -0.4 is 5.32 Å². The van der Waals surface area contributed by atoms with Gasteiger partial charge >= 0.3 is 0 Å². The highest BCUT2D eigenvalue weighted by Crippen LogP contribution is 2.27. The van der Waals surface area contributed by atoms with E-state index >= 15 is 0 Å². The number of nitrogens with one attached hydrogen (secondary N) is 1. The van der Waals surface area contributed by atoms with Gasteiger partial charge in [0.2, 0.25) is 0 Å². The van der Waals surface area contributed by atoms with E-state index in [0.29, 0.717) is 5.92 Å². The molecule has 2 rings (SSSR count). The van der Waals surface area contributed by atoms with E-state index in [1.165, 1.54) is 38.1 Å². The van der Waals surface area contributed by atoms with Crippen LogP contribution in [0, 0.1) is 5.92 Å². The molecule has 0 bridgehead atoms. The number of hydrogen-bond donors (Lipinski definition) is 1. The minimum atomic E-state index is -0.195.